The Bertz CT molecular complexity index is 383. The number of rotatable bonds is 5. The van der Waals surface area contributed by atoms with Gasteiger partial charge in [-0.1, -0.05) is 36.9 Å². The number of hydrogen-bond donors (Lipinski definition) is 2. The van der Waals surface area contributed by atoms with Crippen LogP contribution in [-0.2, 0) is 4.74 Å². The highest BCUT2D eigenvalue weighted by molar-refractivity contribution is 5.64. The van der Waals surface area contributed by atoms with Gasteiger partial charge in [0, 0.05) is 39.1 Å². The van der Waals surface area contributed by atoms with E-state index in [-0.39, 0.29) is 0 Å². The topological polar surface area (TPSA) is 41.5 Å². The van der Waals surface area contributed by atoms with Gasteiger partial charge in [0.2, 0.25) is 0 Å². The van der Waals surface area contributed by atoms with Gasteiger partial charge in [0.25, 0.3) is 0 Å². The van der Waals surface area contributed by atoms with Crippen LogP contribution in [0.5, 0.6) is 0 Å². The molecular formula is C15H21NO2. The summed E-state index contributed by atoms with van der Waals surface area (Å²) in [5.74, 6) is 0. The van der Waals surface area contributed by atoms with E-state index in [1.807, 2.05) is 30.3 Å². The first-order chi connectivity index (χ1) is 8.70. The second kappa shape index (κ2) is 6.14. The summed E-state index contributed by atoms with van der Waals surface area (Å²) in [5.41, 5.74) is 1.57. The maximum Gasteiger partial charge on any atom is 0.0815 e. The van der Waals surface area contributed by atoms with Crippen molar-refractivity contribution >= 4 is 5.57 Å². The highest BCUT2D eigenvalue weighted by Gasteiger charge is 2.29. The van der Waals surface area contributed by atoms with E-state index in [4.69, 9.17) is 4.74 Å². The molecule has 2 rings (SSSR count). The molecule has 1 aliphatic rings. The average molecular weight is 247 g/mol. The Kier molecular flexibility index (Phi) is 4.53. The molecule has 1 aromatic rings. The van der Waals surface area contributed by atoms with Gasteiger partial charge in [-0.15, -0.1) is 0 Å². The summed E-state index contributed by atoms with van der Waals surface area (Å²) in [4.78, 5) is 0. The van der Waals surface area contributed by atoms with E-state index in [2.05, 4.69) is 11.9 Å². The molecule has 3 heteroatoms. The smallest absolute Gasteiger partial charge is 0.0815 e. The number of aliphatic hydroxyl groups is 1. The Balaban J connectivity index is 1.77. The first-order valence-corrected chi connectivity index (χ1v) is 6.44. The standard InChI is InChI=1S/C15H21NO2/c1-13(14-5-3-2-4-6-14)11-16-12-15(17)7-9-18-10-8-15/h2-6,16-17H,1,7-12H2. The Hall–Kier alpha value is -1.16. The lowest BCUT2D eigenvalue weighted by molar-refractivity contribution is -0.0610. The lowest BCUT2D eigenvalue weighted by atomic mass is 9.94. The number of ether oxygens (including phenoxy) is 1. The number of benzene rings is 1. The predicted molar refractivity (Wildman–Crippen MR) is 73.3 cm³/mol. The number of hydrogen-bond acceptors (Lipinski definition) is 3. The van der Waals surface area contributed by atoms with Gasteiger partial charge < -0.3 is 15.2 Å². The summed E-state index contributed by atoms with van der Waals surface area (Å²) in [7, 11) is 0. The van der Waals surface area contributed by atoms with Crippen molar-refractivity contribution in [1.82, 2.24) is 5.32 Å². The second-order valence-electron chi connectivity index (χ2n) is 4.91. The van der Waals surface area contributed by atoms with Gasteiger partial charge in [-0.25, -0.2) is 0 Å². The van der Waals surface area contributed by atoms with Crippen molar-refractivity contribution in [1.29, 1.82) is 0 Å². The van der Waals surface area contributed by atoms with Gasteiger partial charge >= 0.3 is 0 Å². The second-order valence-corrected chi connectivity index (χ2v) is 4.91. The SMILES string of the molecule is C=C(CNCC1(O)CCOCC1)c1ccccc1. The van der Waals surface area contributed by atoms with E-state index in [1.165, 1.54) is 0 Å². The quantitative estimate of drug-likeness (QED) is 0.834. The van der Waals surface area contributed by atoms with Crippen molar-refractivity contribution in [2.45, 2.75) is 18.4 Å². The molecule has 1 fully saturated rings. The minimum absolute atomic E-state index is 0.599. The fourth-order valence-corrected chi connectivity index (χ4v) is 2.15. The molecular weight excluding hydrogens is 226 g/mol. The van der Waals surface area contributed by atoms with E-state index in [1.54, 1.807) is 0 Å². The molecule has 0 bridgehead atoms. The zero-order chi connectivity index (χ0) is 12.8. The third-order valence-electron chi connectivity index (χ3n) is 3.40. The van der Waals surface area contributed by atoms with Crippen LogP contribution >= 0.6 is 0 Å². The molecule has 18 heavy (non-hydrogen) atoms. The summed E-state index contributed by atoms with van der Waals surface area (Å²) in [6.45, 7) is 6.66. The summed E-state index contributed by atoms with van der Waals surface area (Å²) >= 11 is 0. The van der Waals surface area contributed by atoms with Gasteiger partial charge in [-0.3, -0.25) is 0 Å². The predicted octanol–water partition coefficient (Wildman–Crippen LogP) is 1.83. The highest BCUT2D eigenvalue weighted by atomic mass is 16.5. The Morgan fingerprint density at radius 1 is 1.28 bits per heavy atom. The summed E-state index contributed by atoms with van der Waals surface area (Å²) in [5, 5.41) is 13.6. The minimum Gasteiger partial charge on any atom is -0.388 e. The summed E-state index contributed by atoms with van der Waals surface area (Å²) in [6.07, 6.45) is 1.41. The largest absolute Gasteiger partial charge is 0.388 e. The molecule has 1 saturated heterocycles. The van der Waals surface area contributed by atoms with Gasteiger partial charge in [-0.05, 0) is 11.1 Å². The van der Waals surface area contributed by atoms with Crippen LogP contribution < -0.4 is 5.32 Å². The van der Waals surface area contributed by atoms with Crippen LogP contribution in [0.2, 0.25) is 0 Å². The van der Waals surface area contributed by atoms with E-state index in [0.29, 0.717) is 39.1 Å². The Morgan fingerprint density at radius 3 is 2.61 bits per heavy atom. The van der Waals surface area contributed by atoms with Crippen LogP contribution in [0.4, 0.5) is 0 Å². The maximum absolute atomic E-state index is 10.3. The molecule has 0 aromatic heterocycles. The van der Waals surface area contributed by atoms with Crippen molar-refractivity contribution in [3.8, 4) is 0 Å². The molecule has 0 amide bonds. The van der Waals surface area contributed by atoms with E-state index < -0.39 is 5.60 Å². The Labute approximate surface area is 108 Å². The average Bonchev–Trinajstić information content (AvgIpc) is 2.40. The lowest BCUT2D eigenvalue weighted by Gasteiger charge is -2.32. The lowest BCUT2D eigenvalue weighted by Crippen LogP contribution is -2.45. The van der Waals surface area contributed by atoms with E-state index in [9.17, 15) is 5.11 Å². The molecule has 1 aliphatic heterocycles. The fourth-order valence-electron chi connectivity index (χ4n) is 2.15. The third-order valence-corrected chi connectivity index (χ3v) is 3.40. The molecule has 0 saturated carbocycles. The number of nitrogens with one attached hydrogen (secondary N) is 1. The van der Waals surface area contributed by atoms with Crippen LogP contribution in [-0.4, -0.2) is 37.0 Å². The summed E-state index contributed by atoms with van der Waals surface area (Å²) < 4.78 is 5.26. The maximum atomic E-state index is 10.3. The monoisotopic (exact) mass is 247 g/mol. The van der Waals surface area contributed by atoms with Crippen molar-refractivity contribution in [3.05, 3.63) is 42.5 Å². The molecule has 0 spiro atoms. The van der Waals surface area contributed by atoms with Crippen LogP contribution in [0.25, 0.3) is 5.57 Å². The van der Waals surface area contributed by atoms with Gasteiger partial charge in [0.05, 0.1) is 5.60 Å². The molecule has 0 radical (unpaired) electrons. The summed E-state index contributed by atoms with van der Waals surface area (Å²) in [6, 6.07) is 10.1. The van der Waals surface area contributed by atoms with Crippen molar-refractivity contribution in [3.63, 3.8) is 0 Å². The van der Waals surface area contributed by atoms with Crippen LogP contribution in [0.3, 0.4) is 0 Å². The Morgan fingerprint density at radius 2 is 1.94 bits per heavy atom. The third kappa shape index (κ3) is 3.67. The molecule has 0 aliphatic carbocycles. The normalized spacial score (nSPS) is 18.5. The fraction of sp³-hybridized carbons (Fsp3) is 0.467. The zero-order valence-electron chi connectivity index (χ0n) is 10.7. The first-order valence-electron chi connectivity index (χ1n) is 6.44. The van der Waals surface area contributed by atoms with Crippen molar-refractivity contribution in [2.75, 3.05) is 26.3 Å². The molecule has 0 unspecified atom stereocenters. The van der Waals surface area contributed by atoms with Crippen LogP contribution in [0.15, 0.2) is 36.9 Å². The van der Waals surface area contributed by atoms with E-state index >= 15 is 0 Å². The first kappa shape index (κ1) is 13.3. The highest BCUT2D eigenvalue weighted by Crippen LogP contribution is 2.19. The van der Waals surface area contributed by atoms with Crippen molar-refractivity contribution in [2.24, 2.45) is 0 Å². The molecule has 1 heterocycles. The van der Waals surface area contributed by atoms with Gasteiger partial charge in [0.1, 0.15) is 0 Å². The molecule has 2 N–H and O–H groups in total. The molecule has 3 nitrogen and oxygen atoms in total. The molecule has 1 aromatic carbocycles. The van der Waals surface area contributed by atoms with Gasteiger partial charge in [0.15, 0.2) is 0 Å². The molecule has 98 valence electrons. The van der Waals surface area contributed by atoms with E-state index in [0.717, 1.165) is 11.1 Å². The van der Waals surface area contributed by atoms with Gasteiger partial charge in [-0.2, -0.15) is 0 Å². The molecule has 0 atom stereocenters. The minimum atomic E-state index is -0.616. The van der Waals surface area contributed by atoms with Crippen molar-refractivity contribution < 1.29 is 9.84 Å². The zero-order valence-corrected chi connectivity index (χ0v) is 10.7. The van der Waals surface area contributed by atoms with Crippen LogP contribution in [0.1, 0.15) is 18.4 Å². The van der Waals surface area contributed by atoms with Crippen LogP contribution in [0, 0.1) is 0 Å².